The van der Waals surface area contributed by atoms with Crippen LogP contribution in [0.25, 0.3) is 0 Å². The molecule has 0 radical (unpaired) electrons. The molecule has 0 saturated carbocycles. The quantitative estimate of drug-likeness (QED) is 0.610. The standard InChI is InChI=1S/C11H25NOS/c1-10(2)12(7-8-13)6-4-11(3)5-9-14/h10-11,13-14H,4-9H2,1-3H3. The van der Waals surface area contributed by atoms with Crippen molar-refractivity contribution >= 4 is 12.6 Å². The molecule has 0 aromatic rings. The van der Waals surface area contributed by atoms with Crippen molar-refractivity contribution in [3.05, 3.63) is 0 Å². The molecule has 0 amide bonds. The molecule has 0 aromatic carbocycles. The molecule has 0 bridgehead atoms. The summed E-state index contributed by atoms with van der Waals surface area (Å²) in [5.41, 5.74) is 0. The topological polar surface area (TPSA) is 23.5 Å². The first kappa shape index (κ1) is 14.3. The second-order valence-corrected chi connectivity index (χ2v) is 4.71. The maximum atomic E-state index is 8.90. The van der Waals surface area contributed by atoms with Crippen LogP contribution in [0.2, 0.25) is 0 Å². The van der Waals surface area contributed by atoms with Gasteiger partial charge >= 0.3 is 0 Å². The fourth-order valence-corrected chi connectivity index (χ4v) is 1.95. The Balaban J connectivity index is 3.69. The summed E-state index contributed by atoms with van der Waals surface area (Å²) < 4.78 is 0. The molecule has 0 fully saturated rings. The molecular weight excluding hydrogens is 194 g/mol. The van der Waals surface area contributed by atoms with Crippen LogP contribution in [0.15, 0.2) is 0 Å². The first-order valence-corrected chi connectivity index (χ1v) is 6.20. The highest BCUT2D eigenvalue weighted by Gasteiger charge is 2.10. The van der Waals surface area contributed by atoms with E-state index in [0.29, 0.717) is 6.04 Å². The zero-order valence-electron chi connectivity index (χ0n) is 9.74. The third-order valence-corrected chi connectivity index (χ3v) is 2.91. The van der Waals surface area contributed by atoms with E-state index in [1.54, 1.807) is 0 Å². The lowest BCUT2D eigenvalue weighted by atomic mass is 10.0. The van der Waals surface area contributed by atoms with Gasteiger partial charge in [-0.2, -0.15) is 12.6 Å². The SMILES string of the molecule is CC(CCS)CCN(CCO)C(C)C. The average Bonchev–Trinajstić information content (AvgIpc) is 2.12. The van der Waals surface area contributed by atoms with Crippen LogP contribution in [-0.4, -0.2) is 41.5 Å². The number of thiol groups is 1. The van der Waals surface area contributed by atoms with E-state index in [2.05, 4.69) is 38.3 Å². The summed E-state index contributed by atoms with van der Waals surface area (Å²) in [6.07, 6.45) is 2.40. The fraction of sp³-hybridized carbons (Fsp3) is 1.00. The Kier molecular flexibility index (Phi) is 8.73. The van der Waals surface area contributed by atoms with E-state index in [0.717, 1.165) is 24.8 Å². The van der Waals surface area contributed by atoms with E-state index >= 15 is 0 Å². The molecule has 0 aromatic heterocycles. The van der Waals surface area contributed by atoms with Crippen molar-refractivity contribution in [2.45, 2.75) is 39.7 Å². The highest BCUT2D eigenvalue weighted by atomic mass is 32.1. The van der Waals surface area contributed by atoms with E-state index in [9.17, 15) is 0 Å². The zero-order valence-corrected chi connectivity index (χ0v) is 10.6. The minimum atomic E-state index is 0.263. The van der Waals surface area contributed by atoms with E-state index in [1.165, 1.54) is 12.8 Å². The second kappa shape index (κ2) is 8.57. The van der Waals surface area contributed by atoms with Gasteiger partial charge in [0.15, 0.2) is 0 Å². The van der Waals surface area contributed by atoms with E-state index in [4.69, 9.17) is 5.11 Å². The molecule has 0 saturated heterocycles. The molecule has 1 atom stereocenters. The molecule has 86 valence electrons. The summed E-state index contributed by atoms with van der Waals surface area (Å²) >= 11 is 4.23. The summed E-state index contributed by atoms with van der Waals surface area (Å²) in [4.78, 5) is 2.33. The lowest BCUT2D eigenvalue weighted by molar-refractivity contribution is 0.158. The monoisotopic (exact) mass is 219 g/mol. The van der Waals surface area contributed by atoms with Crippen LogP contribution in [0.4, 0.5) is 0 Å². The average molecular weight is 219 g/mol. The highest BCUT2D eigenvalue weighted by Crippen LogP contribution is 2.10. The second-order valence-electron chi connectivity index (χ2n) is 4.26. The molecule has 0 aliphatic carbocycles. The van der Waals surface area contributed by atoms with Crippen LogP contribution in [0.1, 0.15) is 33.6 Å². The van der Waals surface area contributed by atoms with Gasteiger partial charge < -0.3 is 5.11 Å². The van der Waals surface area contributed by atoms with Gasteiger partial charge in [0.05, 0.1) is 6.61 Å². The van der Waals surface area contributed by atoms with Gasteiger partial charge in [-0.3, -0.25) is 4.90 Å². The number of rotatable bonds is 8. The van der Waals surface area contributed by atoms with Crippen molar-refractivity contribution in [2.24, 2.45) is 5.92 Å². The van der Waals surface area contributed by atoms with Gasteiger partial charge in [-0.1, -0.05) is 6.92 Å². The summed E-state index contributed by atoms with van der Waals surface area (Å²) in [7, 11) is 0. The number of aliphatic hydroxyl groups excluding tert-OH is 1. The van der Waals surface area contributed by atoms with Gasteiger partial charge in [0.25, 0.3) is 0 Å². The number of hydrogen-bond acceptors (Lipinski definition) is 3. The summed E-state index contributed by atoms with van der Waals surface area (Å²) in [6.45, 7) is 8.78. The minimum Gasteiger partial charge on any atom is -0.395 e. The zero-order chi connectivity index (χ0) is 11.0. The van der Waals surface area contributed by atoms with Crippen LogP contribution in [0, 0.1) is 5.92 Å². The van der Waals surface area contributed by atoms with Crippen molar-refractivity contribution < 1.29 is 5.11 Å². The largest absolute Gasteiger partial charge is 0.395 e. The minimum absolute atomic E-state index is 0.263. The summed E-state index contributed by atoms with van der Waals surface area (Å²) in [5.74, 6) is 1.72. The Morgan fingerprint density at radius 2 is 1.79 bits per heavy atom. The van der Waals surface area contributed by atoms with Crippen molar-refractivity contribution in [2.75, 3.05) is 25.4 Å². The predicted octanol–water partition coefficient (Wildman–Crippen LogP) is 2.04. The fourth-order valence-electron chi connectivity index (χ4n) is 1.51. The van der Waals surface area contributed by atoms with Crippen molar-refractivity contribution in [3.63, 3.8) is 0 Å². The van der Waals surface area contributed by atoms with E-state index in [1.807, 2.05) is 0 Å². The summed E-state index contributed by atoms with van der Waals surface area (Å²) in [6, 6.07) is 0.533. The Labute approximate surface area is 94.1 Å². The maximum Gasteiger partial charge on any atom is 0.0558 e. The molecule has 0 spiro atoms. The number of aliphatic hydroxyl groups is 1. The number of hydrogen-bond donors (Lipinski definition) is 2. The Hall–Kier alpha value is 0.270. The molecule has 0 rings (SSSR count). The van der Waals surface area contributed by atoms with Gasteiger partial charge in [-0.25, -0.2) is 0 Å². The van der Waals surface area contributed by atoms with Gasteiger partial charge in [-0.05, 0) is 44.9 Å². The molecule has 2 nitrogen and oxygen atoms in total. The van der Waals surface area contributed by atoms with E-state index in [-0.39, 0.29) is 6.61 Å². The van der Waals surface area contributed by atoms with Crippen molar-refractivity contribution in [1.82, 2.24) is 4.90 Å². The van der Waals surface area contributed by atoms with Gasteiger partial charge in [0.1, 0.15) is 0 Å². The van der Waals surface area contributed by atoms with Gasteiger partial charge in [0.2, 0.25) is 0 Å². The smallest absolute Gasteiger partial charge is 0.0558 e. The molecule has 1 N–H and O–H groups in total. The molecule has 0 aliphatic heterocycles. The normalized spacial score (nSPS) is 13.9. The van der Waals surface area contributed by atoms with Gasteiger partial charge in [-0.15, -0.1) is 0 Å². The lowest BCUT2D eigenvalue weighted by Gasteiger charge is -2.26. The van der Waals surface area contributed by atoms with E-state index < -0.39 is 0 Å². The Morgan fingerprint density at radius 3 is 2.21 bits per heavy atom. The Morgan fingerprint density at radius 1 is 1.14 bits per heavy atom. The molecule has 0 heterocycles. The third kappa shape index (κ3) is 6.68. The van der Waals surface area contributed by atoms with Crippen LogP contribution in [-0.2, 0) is 0 Å². The number of nitrogens with zero attached hydrogens (tertiary/aromatic N) is 1. The molecule has 14 heavy (non-hydrogen) atoms. The predicted molar refractivity (Wildman–Crippen MR) is 66.0 cm³/mol. The van der Waals surface area contributed by atoms with Crippen molar-refractivity contribution in [1.29, 1.82) is 0 Å². The molecule has 3 heteroatoms. The molecule has 0 aliphatic rings. The van der Waals surface area contributed by atoms with Crippen LogP contribution >= 0.6 is 12.6 Å². The summed E-state index contributed by atoms with van der Waals surface area (Å²) in [5, 5.41) is 8.90. The first-order chi connectivity index (χ1) is 6.61. The third-order valence-electron chi connectivity index (χ3n) is 2.65. The van der Waals surface area contributed by atoms with Crippen LogP contribution in [0.5, 0.6) is 0 Å². The Bertz CT molecular complexity index is 130. The van der Waals surface area contributed by atoms with Crippen molar-refractivity contribution in [3.8, 4) is 0 Å². The first-order valence-electron chi connectivity index (χ1n) is 5.57. The molecular formula is C11H25NOS. The van der Waals surface area contributed by atoms with Crippen LogP contribution in [0.3, 0.4) is 0 Å². The molecule has 1 unspecified atom stereocenters. The van der Waals surface area contributed by atoms with Crippen LogP contribution < -0.4 is 0 Å². The van der Waals surface area contributed by atoms with Gasteiger partial charge in [0, 0.05) is 12.6 Å². The lowest BCUT2D eigenvalue weighted by Crippen LogP contribution is -2.35. The highest BCUT2D eigenvalue weighted by molar-refractivity contribution is 7.80. The maximum absolute atomic E-state index is 8.90.